The summed E-state index contributed by atoms with van der Waals surface area (Å²) in [5.41, 5.74) is 0.932. The number of para-hydroxylation sites is 1. The molecule has 114 valence electrons. The molecule has 22 heavy (non-hydrogen) atoms. The third-order valence-electron chi connectivity index (χ3n) is 2.82. The first kappa shape index (κ1) is 16.2. The molecule has 2 aromatic rings. The van der Waals surface area contributed by atoms with Gasteiger partial charge < -0.3 is 10.2 Å². The quantitative estimate of drug-likeness (QED) is 0.644. The standard InChI is InChI=1S/C16H14BrFN2O2/c1-11(16(21)20-15-9-5-4-8-14(15)18)22-19-10-12-6-2-3-7-13(12)17/h2-11H,1H3,(H,20,21)/b19-10-/t11-/m0/s1. The van der Waals surface area contributed by atoms with Gasteiger partial charge in [-0.25, -0.2) is 4.39 Å². The van der Waals surface area contributed by atoms with E-state index < -0.39 is 17.8 Å². The summed E-state index contributed by atoms with van der Waals surface area (Å²) in [7, 11) is 0. The van der Waals surface area contributed by atoms with Crippen LogP contribution in [0.5, 0.6) is 0 Å². The van der Waals surface area contributed by atoms with Crippen LogP contribution in [-0.4, -0.2) is 18.2 Å². The zero-order valence-corrected chi connectivity index (χ0v) is 13.4. The summed E-state index contributed by atoms with van der Waals surface area (Å²) in [5, 5.41) is 6.23. The monoisotopic (exact) mass is 364 g/mol. The predicted octanol–water partition coefficient (Wildman–Crippen LogP) is 3.97. The number of nitrogens with zero attached hydrogens (tertiary/aromatic N) is 1. The minimum absolute atomic E-state index is 0.109. The van der Waals surface area contributed by atoms with Gasteiger partial charge in [0.2, 0.25) is 6.10 Å². The molecule has 0 spiro atoms. The third-order valence-corrected chi connectivity index (χ3v) is 3.54. The number of hydrogen-bond donors (Lipinski definition) is 1. The van der Waals surface area contributed by atoms with E-state index in [2.05, 4.69) is 26.4 Å². The van der Waals surface area contributed by atoms with E-state index in [9.17, 15) is 9.18 Å². The highest BCUT2D eigenvalue weighted by Crippen LogP contribution is 2.14. The Morgan fingerprint density at radius 3 is 2.68 bits per heavy atom. The molecule has 0 saturated carbocycles. The minimum atomic E-state index is -0.849. The first-order valence-corrected chi connectivity index (χ1v) is 7.36. The van der Waals surface area contributed by atoms with Gasteiger partial charge in [-0.1, -0.05) is 51.4 Å². The van der Waals surface area contributed by atoms with Gasteiger partial charge in [0.15, 0.2) is 0 Å². The van der Waals surface area contributed by atoms with Crippen molar-refractivity contribution >= 4 is 33.7 Å². The van der Waals surface area contributed by atoms with Crippen molar-refractivity contribution in [2.75, 3.05) is 5.32 Å². The fourth-order valence-corrected chi connectivity index (χ4v) is 1.99. The van der Waals surface area contributed by atoms with Gasteiger partial charge in [0.25, 0.3) is 5.91 Å². The van der Waals surface area contributed by atoms with Gasteiger partial charge in [0.1, 0.15) is 5.82 Å². The third kappa shape index (κ3) is 4.39. The molecule has 1 amide bonds. The minimum Gasteiger partial charge on any atom is -0.383 e. The highest BCUT2D eigenvalue weighted by Gasteiger charge is 2.15. The molecule has 0 aliphatic rings. The van der Waals surface area contributed by atoms with Crippen LogP contribution in [0, 0.1) is 5.82 Å². The highest BCUT2D eigenvalue weighted by atomic mass is 79.9. The molecule has 0 heterocycles. The zero-order chi connectivity index (χ0) is 15.9. The summed E-state index contributed by atoms with van der Waals surface area (Å²) in [4.78, 5) is 17.0. The Balaban J connectivity index is 1.92. The van der Waals surface area contributed by atoms with E-state index in [1.807, 2.05) is 24.3 Å². The Labute approximate surface area is 136 Å². The molecule has 2 rings (SSSR count). The second-order valence-electron chi connectivity index (χ2n) is 4.47. The molecular weight excluding hydrogens is 351 g/mol. The van der Waals surface area contributed by atoms with Gasteiger partial charge in [0, 0.05) is 10.0 Å². The Morgan fingerprint density at radius 1 is 1.27 bits per heavy atom. The molecule has 0 fully saturated rings. The molecule has 6 heteroatoms. The average molecular weight is 365 g/mol. The maximum absolute atomic E-state index is 13.4. The number of amides is 1. The molecule has 2 aromatic carbocycles. The van der Waals surface area contributed by atoms with Crippen LogP contribution in [-0.2, 0) is 9.63 Å². The Bertz CT molecular complexity index is 691. The average Bonchev–Trinajstić information content (AvgIpc) is 2.51. The molecule has 1 N–H and O–H groups in total. The van der Waals surface area contributed by atoms with E-state index >= 15 is 0 Å². The number of oxime groups is 1. The van der Waals surface area contributed by atoms with Crippen LogP contribution in [0.3, 0.4) is 0 Å². The van der Waals surface area contributed by atoms with E-state index in [1.165, 1.54) is 25.3 Å². The largest absolute Gasteiger partial charge is 0.383 e. The molecule has 0 aromatic heterocycles. The summed E-state index contributed by atoms with van der Waals surface area (Å²) in [5.74, 6) is -0.978. The van der Waals surface area contributed by atoms with Crippen LogP contribution >= 0.6 is 15.9 Å². The summed E-state index contributed by atoms with van der Waals surface area (Å²) in [6.07, 6.45) is 0.648. The van der Waals surface area contributed by atoms with Crippen LogP contribution < -0.4 is 5.32 Å². The van der Waals surface area contributed by atoms with Crippen LogP contribution in [0.4, 0.5) is 10.1 Å². The number of rotatable bonds is 5. The van der Waals surface area contributed by atoms with Crippen LogP contribution in [0.2, 0.25) is 0 Å². The fraction of sp³-hybridized carbons (Fsp3) is 0.125. The van der Waals surface area contributed by atoms with Crippen molar-refractivity contribution in [2.24, 2.45) is 5.16 Å². The van der Waals surface area contributed by atoms with Gasteiger partial charge in [-0.05, 0) is 25.1 Å². The lowest BCUT2D eigenvalue weighted by Gasteiger charge is -2.10. The predicted molar refractivity (Wildman–Crippen MR) is 87.3 cm³/mol. The van der Waals surface area contributed by atoms with Crippen LogP contribution in [0.25, 0.3) is 0 Å². The van der Waals surface area contributed by atoms with Gasteiger partial charge in [0.05, 0.1) is 11.9 Å². The van der Waals surface area contributed by atoms with Gasteiger partial charge in [-0.15, -0.1) is 0 Å². The second-order valence-corrected chi connectivity index (χ2v) is 5.33. The zero-order valence-electron chi connectivity index (χ0n) is 11.8. The van der Waals surface area contributed by atoms with E-state index in [0.717, 1.165) is 10.0 Å². The number of carbonyl (C=O) groups excluding carboxylic acids is 1. The number of carbonyl (C=O) groups is 1. The maximum Gasteiger partial charge on any atom is 0.268 e. The van der Waals surface area contributed by atoms with Crippen molar-refractivity contribution in [2.45, 2.75) is 13.0 Å². The van der Waals surface area contributed by atoms with Gasteiger partial charge >= 0.3 is 0 Å². The van der Waals surface area contributed by atoms with Crippen molar-refractivity contribution in [3.8, 4) is 0 Å². The van der Waals surface area contributed by atoms with Crippen molar-refractivity contribution in [1.82, 2.24) is 0 Å². The molecule has 0 radical (unpaired) electrons. The number of halogens is 2. The molecule has 4 nitrogen and oxygen atoms in total. The van der Waals surface area contributed by atoms with E-state index in [1.54, 1.807) is 12.1 Å². The number of anilines is 1. The SMILES string of the molecule is C[C@H](O/N=C\c1ccccc1Br)C(=O)Nc1ccccc1F. The van der Waals surface area contributed by atoms with E-state index in [-0.39, 0.29) is 5.69 Å². The Hall–Kier alpha value is -2.21. The van der Waals surface area contributed by atoms with Crippen LogP contribution in [0.15, 0.2) is 58.2 Å². The van der Waals surface area contributed by atoms with Crippen molar-refractivity contribution in [3.63, 3.8) is 0 Å². The summed E-state index contributed by atoms with van der Waals surface area (Å²) in [6.45, 7) is 1.54. The first-order chi connectivity index (χ1) is 10.6. The molecular formula is C16H14BrFN2O2. The lowest BCUT2D eigenvalue weighted by Crippen LogP contribution is -2.26. The fourth-order valence-electron chi connectivity index (χ4n) is 1.60. The smallest absolute Gasteiger partial charge is 0.268 e. The van der Waals surface area contributed by atoms with Crippen molar-refractivity contribution in [1.29, 1.82) is 0 Å². The Kier molecular flexibility index (Phi) is 5.66. The molecule has 0 unspecified atom stereocenters. The summed E-state index contributed by atoms with van der Waals surface area (Å²) < 4.78 is 14.3. The van der Waals surface area contributed by atoms with E-state index in [0.29, 0.717) is 0 Å². The first-order valence-electron chi connectivity index (χ1n) is 6.57. The van der Waals surface area contributed by atoms with Crippen LogP contribution in [0.1, 0.15) is 12.5 Å². The summed E-state index contributed by atoms with van der Waals surface area (Å²) in [6, 6.07) is 13.4. The number of nitrogens with one attached hydrogen (secondary N) is 1. The molecule has 0 bridgehead atoms. The molecule has 0 aliphatic carbocycles. The topological polar surface area (TPSA) is 50.7 Å². The van der Waals surface area contributed by atoms with E-state index in [4.69, 9.17) is 4.84 Å². The molecule has 0 aliphatic heterocycles. The summed E-state index contributed by atoms with van der Waals surface area (Å²) >= 11 is 3.38. The second kappa shape index (κ2) is 7.70. The van der Waals surface area contributed by atoms with Gasteiger partial charge in [-0.3, -0.25) is 4.79 Å². The maximum atomic E-state index is 13.4. The van der Waals surface area contributed by atoms with Crippen molar-refractivity contribution < 1.29 is 14.0 Å². The highest BCUT2D eigenvalue weighted by molar-refractivity contribution is 9.10. The lowest BCUT2D eigenvalue weighted by atomic mass is 10.2. The lowest BCUT2D eigenvalue weighted by molar-refractivity contribution is -0.126. The van der Waals surface area contributed by atoms with Gasteiger partial charge in [-0.2, -0.15) is 0 Å². The number of benzene rings is 2. The van der Waals surface area contributed by atoms with Crippen molar-refractivity contribution in [3.05, 3.63) is 64.4 Å². The molecule has 0 saturated heterocycles. The normalized spacial score (nSPS) is 12.1. The number of hydrogen-bond acceptors (Lipinski definition) is 3. The molecule has 1 atom stereocenters. The Morgan fingerprint density at radius 2 is 1.95 bits per heavy atom.